The van der Waals surface area contributed by atoms with Crippen molar-refractivity contribution >= 4 is 0 Å². The van der Waals surface area contributed by atoms with E-state index in [1.807, 2.05) is 12.5 Å². The quantitative estimate of drug-likeness (QED) is 0.822. The summed E-state index contributed by atoms with van der Waals surface area (Å²) >= 11 is 0. The minimum Gasteiger partial charge on any atom is -0.330 e. The lowest BCUT2D eigenvalue weighted by Crippen LogP contribution is -2.29. The number of imidazole rings is 1. The van der Waals surface area contributed by atoms with Gasteiger partial charge in [-0.1, -0.05) is 0 Å². The van der Waals surface area contributed by atoms with E-state index < -0.39 is 0 Å². The first-order valence-corrected chi connectivity index (χ1v) is 6.27. The molecule has 0 amide bonds. The van der Waals surface area contributed by atoms with Crippen molar-refractivity contribution in [2.75, 3.05) is 20.1 Å². The Balaban J connectivity index is 1.63. The van der Waals surface area contributed by atoms with E-state index in [-0.39, 0.29) is 0 Å². The second kappa shape index (κ2) is 4.18. The fourth-order valence-corrected chi connectivity index (χ4v) is 2.58. The highest BCUT2D eigenvalue weighted by molar-refractivity contribution is 5.04. The van der Waals surface area contributed by atoms with Crippen LogP contribution < -0.4 is 5.32 Å². The molecule has 0 spiro atoms. The lowest BCUT2D eigenvalue weighted by atomic mass is 10.3. The zero-order chi connectivity index (χ0) is 11.0. The number of rotatable bonds is 4. The van der Waals surface area contributed by atoms with E-state index in [0.717, 1.165) is 12.6 Å². The van der Waals surface area contributed by atoms with Gasteiger partial charge in [-0.15, -0.1) is 0 Å². The number of nitrogens with one attached hydrogen (secondary N) is 1. The summed E-state index contributed by atoms with van der Waals surface area (Å²) in [5.74, 6) is 0. The first-order chi connectivity index (χ1) is 7.86. The molecule has 1 saturated heterocycles. The van der Waals surface area contributed by atoms with Gasteiger partial charge in [0.1, 0.15) is 0 Å². The average molecular weight is 220 g/mol. The molecule has 2 fully saturated rings. The second-order valence-corrected chi connectivity index (χ2v) is 5.03. The standard InChI is InChI=1S/C12H20N4/c1-13-10-4-5-15(7-10)8-12-6-14-9-16(12)11-2-3-11/h6,9-11,13H,2-5,7-8H2,1H3. The molecule has 1 aliphatic heterocycles. The molecular formula is C12H20N4. The third kappa shape index (κ3) is 1.99. The molecule has 1 aromatic heterocycles. The minimum atomic E-state index is 0.678. The Morgan fingerprint density at radius 2 is 2.31 bits per heavy atom. The maximum Gasteiger partial charge on any atom is 0.0951 e. The summed E-state index contributed by atoms with van der Waals surface area (Å²) in [6, 6.07) is 1.43. The van der Waals surface area contributed by atoms with E-state index in [0.29, 0.717) is 6.04 Å². The Bertz CT molecular complexity index is 356. The predicted molar refractivity (Wildman–Crippen MR) is 63.2 cm³/mol. The molecule has 0 aromatic carbocycles. The first-order valence-electron chi connectivity index (χ1n) is 6.27. The van der Waals surface area contributed by atoms with E-state index in [1.54, 1.807) is 0 Å². The third-order valence-corrected chi connectivity index (χ3v) is 3.75. The Labute approximate surface area is 96.7 Å². The van der Waals surface area contributed by atoms with Crippen molar-refractivity contribution in [1.29, 1.82) is 0 Å². The van der Waals surface area contributed by atoms with Gasteiger partial charge in [0.05, 0.1) is 12.0 Å². The lowest BCUT2D eigenvalue weighted by molar-refractivity contribution is 0.313. The van der Waals surface area contributed by atoms with Crippen LogP contribution in [0.2, 0.25) is 0 Å². The topological polar surface area (TPSA) is 33.1 Å². The van der Waals surface area contributed by atoms with Crippen LogP contribution in [0.15, 0.2) is 12.5 Å². The summed E-state index contributed by atoms with van der Waals surface area (Å²) in [5.41, 5.74) is 1.39. The Morgan fingerprint density at radius 3 is 3.00 bits per heavy atom. The van der Waals surface area contributed by atoms with Gasteiger partial charge in [-0.3, -0.25) is 4.90 Å². The number of hydrogen-bond donors (Lipinski definition) is 1. The molecule has 1 N–H and O–H groups in total. The molecule has 16 heavy (non-hydrogen) atoms. The van der Waals surface area contributed by atoms with Gasteiger partial charge in [0.25, 0.3) is 0 Å². The van der Waals surface area contributed by atoms with Gasteiger partial charge in [0.15, 0.2) is 0 Å². The van der Waals surface area contributed by atoms with Gasteiger partial charge in [0, 0.05) is 37.9 Å². The first kappa shape index (κ1) is 10.3. The molecule has 1 aromatic rings. The molecule has 2 heterocycles. The van der Waals surface area contributed by atoms with Gasteiger partial charge in [-0.25, -0.2) is 4.98 Å². The molecule has 1 unspecified atom stereocenters. The van der Waals surface area contributed by atoms with Crippen molar-refractivity contribution in [3.8, 4) is 0 Å². The molecular weight excluding hydrogens is 200 g/mol. The van der Waals surface area contributed by atoms with Crippen LogP contribution in [0.5, 0.6) is 0 Å². The molecule has 0 radical (unpaired) electrons. The molecule has 2 aliphatic rings. The number of nitrogens with zero attached hydrogens (tertiary/aromatic N) is 3. The number of likely N-dealkylation sites (tertiary alicyclic amines) is 1. The molecule has 1 atom stereocenters. The third-order valence-electron chi connectivity index (χ3n) is 3.75. The fraction of sp³-hybridized carbons (Fsp3) is 0.750. The molecule has 4 heteroatoms. The monoisotopic (exact) mass is 220 g/mol. The lowest BCUT2D eigenvalue weighted by Gasteiger charge is -2.16. The van der Waals surface area contributed by atoms with Gasteiger partial charge in [-0.05, 0) is 26.3 Å². The maximum absolute atomic E-state index is 4.29. The van der Waals surface area contributed by atoms with Gasteiger partial charge in [-0.2, -0.15) is 0 Å². The average Bonchev–Trinajstić information content (AvgIpc) is 2.88. The SMILES string of the molecule is CNC1CCN(Cc2cncn2C2CC2)C1. The minimum absolute atomic E-state index is 0.678. The van der Waals surface area contributed by atoms with E-state index in [4.69, 9.17) is 0 Å². The maximum atomic E-state index is 4.29. The fourth-order valence-electron chi connectivity index (χ4n) is 2.58. The number of likely N-dealkylation sites (N-methyl/N-ethyl adjacent to an activating group) is 1. The van der Waals surface area contributed by atoms with Crippen molar-refractivity contribution in [2.24, 2.45) is 0 Å². The largest absolute Gasteiger partial charge is 0.330 e. The van der Waals surface area contributed by atoms with Crippen molar-refractivity contribution < 1.29 is 0 Å². The summed E-state index contributed by atoms with van der Waals surface area (Å²) in [6.07, 6.45) is 7.97. The predicted octanol–water partition coefficient (Wildman–Crippen LogP) is 1.01. The summed E-state index contributed by atoms with van der Waals surface area (Å²) < 4.78 is 2.37. The van der Waals surface area contributed by atoms with Crippen LogP contribution in [-0.2, 0) is 6.54 Å². The van der Waals surface area contributed by atoms with Crippen LogP contribution in [-0.4, -0.2) is 40.6 Å². The Kier molecular flexibility index (Phi) is 2.69. The zero-order valence-electron chi connectivity index (χ0n) is 9.89. The van der Waals surface area contributed by atoms with Gasteiger partial charge in [0.2, 0.25) is 0 Å². The molecule has 88 valence electrons. The highest BCUT2D eigenvalue weighted by atomic mass is 15.2. The van der Waals surface area contributed by atoms with Gasteiger partial charge < -0.3 is 9.88 Å². The van der Waals surface area contributed by atoms with E-state index >= 15 is 0 Å². The summed E-state index contributed by atoms with van der Waals surface area (Å²) in [7, 11) is 2.06. The molecule has 4 nitrogen and oxygen atoms in total. The Hall–Kier alpha value is -0.870. The smallest absolute Gasteiger partial charge is 0.0951 e. The van der Waals surface area contributed by atoms with E-state index in [2.05, 4.69) is 26.8 Å². The summed E-state index contributed by atoms with van der Waals surface area (Å²) in [5, 5.41) is 3.36. The van der Waals surface area contributed by atoms with Crippen molar-refractivity contribution in [2.45, 2.75) is 37.9 Å². The second-order valence-electron chi connectivity index (χ2n) is 5.03. The van der Waals surface area contributed by atoms with Crippen LogP contribution in [0.25, 0.3) is 0 Å². The van der Waals surface area contributed by atoms with Crippen molar-refractivity contribution in [3.63, 3.8) is 0 Å². The van der Waals surface area contributed by atoms with Crippen LogP contribution in [0.4, 0.5) is 0 Å². The van der Waals surface area contributed by atoms with Crippen molar-refractivity contribution in [1.82, 2.24) is 19.8 Å². The van der Waals surface area contributed by atoms with E-state index in [1.165, 1.54) is 38.0 Å². The van der Waals surface area contributed by atoms with E-state index in [9.17, 15) is 0 Å². The normalized spacial score (nSPS) is 26.4. The molecule has 3 rings (SSSR count). The summed E-state index contributed by atoms with van der Waals surface area (Å²) in [4.78, 5) is 6.81. The zero-order valence-corrected chi connectivity index (χ0v) is 9.89. The van der Waals surface area contributed by atoms with Crippen LogP contribution in [0.3, 0.4) is 0 Å². The van der Waals surface area contributed by atoms with Crippen molar-refractivity contribution in [3.05, 3.63) is 18.2 Å². The summed E-state index contributed by atoms with van der Waals surface area (Å²) in [6.45, 7) is 3.45. The van der Waals surface area contributed by atoms with Crippen LogP contribution in [0.1, 0.15) is 31.0 Å². The molecule has 1 aliphatic carbocycles. The highest BCUT2D eigenvalue weighted by Gasteiger charge is 2.27. The number of aromatic nitrogens is 2. The Morgan fingerprint density at radius 1 is 1.44 bits per heavy atom. The highest BCUT2D eigenvalue weighted by Crippen LogP contribution is 2.35. The molecule has 0 bridgehead atoms. The number of hydrogen-bond acceptors (Lipinski definition) is 3. The molecule has 1 saturated carbocycles. The van der Waals surface area contributed by atoms with Crippen LogP contribution in [0, 0.1) is 0 Å². The van der Waals surface area contributed by atoms with Gasteiger partial charge >= 0.3 is 0 Å². The van der Waals surface area contributed by atoms with Crippen LogP contribution >= 0.6 is 0 Å².